The van der Waals surface area contributed by atoms with Gasteiger partial charge in [-0.1, -0.05) is 0 Å². The molecule has 2 heterocycles. The largest absolute Gasteiger partial charge is 0.350 e. The number of nitrogens with zero attached hydrogens (tertiary/aromatic N) is 1. The van der Waals surface area contributed by atoms with E-state index in [1.807, 2.05) is 23.6 Å². The molecule has 2 aromatic heterocycles. The Hall–Kier alpha value is -1.38. The minimum Gasteiger partial charge on any atom is -0.350 e. The number of fused-ring (bicyclic) bond motifs is 1. The standard InChI is InChI=1S/C10H8N2OS2/c11-3-1-4-12-10(13)9-6-8-7(15-9)2-5-14-8/h2,5-6H,1,4H2,(H,12,13). The van der Waals surface area contributed by atoms with Gasteiger partial charge < -0.3 is 5.32 Å². The zero-order valence-electron chi connectivity index (χ0n) is 7.82. The summed E-state index contributed by atoms with van der Waals surface area (Å²) in [5.41, 5.74) is 0. The van der Waals surface area contributed by atoms with Crippen LogP contribution in [0.2, 0.25) is 0 Å². The predicted molar refractivity (Wildman–Crippen MR) is 62.3 cm³/mol. The van der Waals surface area contributed by atoms with Gasteiger partial charge in [0.1, 0.15) is 0 Å². The van der Waals surface area contributed by atoms with Crippen LogP contribution >= 0.6 is 22.7 Å². The molecule has 1 N–H and O–H groups in total. The highest BCUT2D eigenvalue weighted by molar-refractivity contribution is 7.27. The van der Waals surface area contributed by atoms with Gasteiger partial charge in [0.2, 0.25) is 0 Å². The predicted octanol–water partition coefficient (Wildman–Crippen LogP) is 2.61. The number of carbonyl (C=O) groups excluding carboxylic acids is 1. The second-order valence-electron chi connectivity index (χ2n) is 2.92. The average Bonchev–Trinajstić information content (AvgIpc) is 2.76. The molecule has 0 fully saturated rings. The normalized spacial score (nSPS) is 10.1. The number of carbonyl (C=O) groups is 1. The van der Waals surface area contributed by atoms with E-state index in [1.54, 1.807) is 11.3 Å². The van der Waals surface area contributed by atoms with Gasteiger partial charge in [0.05, 0.1) is 17.4 Å². The van der Waals surface area contributed by atoms with Gasteiger partial charge in [0.15, 0.2) is 0 Å². The summed E-state index contributed by atoms with van der Waals surface area (Å²) in [6.07, 6.45) is 0.353. The number of rotatable bonds is 3. The second kappa shape index (κ2) is 4.43. The number of hydrogen-bond acceptors (Lipinski definition) is 4. The molecule has 15 heavy (non-hydrogen) atoms. The number of nitrogens with one attached hydrogen (secondary N) is 1. The minimum absolute atomic E-state index is 0.0846. The fraction of sp³-hybridized carbons (Fsp3) is 0.200. The van der Waals surface area contributed by atoms with Crippen molar-refractivity contribution in [1.82, 2.24) is 5.32 Å². The molecule has 0 saturated heterocycles. The Labute approximate surface area is 95.0 Å². The molecular formula is C10H8N2OS2. The van der Waals surface area contributed by atoms with E-state index in [0.29, 0.717) is 13.0 Å². The van der Waals surface area contributed by atoms with Crippen molar-refractivity contribution in [3.05, 3.63) is 22.4 Å². The SMILES string of the molecule is N#CCCNC(=O)c1cc2sccc2s1. The maximum Gasteiger partial charge on any atom is 0.261 e. The molecule has 1 amide bonds. The molecule has 0 saturated carbocycles. The van der Waals surface area contributed by atoms with Gasteiger partial charge in [-0.2, -0.15) is 5.26 Å². The lowest BCUT2D eigenvalue weighted by Crippen LogP contribution is -2.23. The first-order valence-corrected chi connectivity index (χ1v) is 6.13. The van der Waals surface area contributed by atoms with Gasteiger partial charge in [-0.15, -0.1) is 22.7 Å². The van der Waals surface area contributed by atoms with Gasteiger partial charge in [-0.05, 0) is 17.5 Å². The third kappa shape index (κ3) is 2.17. The van der Waals surface area contributed by atoms with Gasteiger partial charge in [-0.3, -0.25) is 4.79 Å². The lowest BCUT2D eigenvalue weighted by molar-refractivity contribution is 0.0958. The van der Waals surface area contributed by atoms with E-state index >= 15 is 0 Å². The summed E-state index contributed by atoms with van der Waals surface area (Å²) in [7, 11) is 0. The van der Waals surface area contributed by atoms with Crippen LogP contribution in [-0.2, 0) is 0 Å². The van der Waals surface area contributed by atoms with Crippen molar-refractivity contribution in [3.8, 4) is 6.07 Å². The fourth-order valence-electron chi connectivity index (χ4n) is 1.20. The zero-order valence-corrected chi connectivity index (χ0v) is 9.45. The summed E-state index contributed by atoms with van der Waals surface area (Å²) in [4.78, 5) is 12.3. The highest BCUT2D eigenvalue weighted by Gasteiger charge is 2.09. The molecule has 5 heteroatoms. The van der Waals surface area contributed by atoms with Crippen molar-refractivity contribution in [1.29, 1.82) is 5.26 Å². The van der Waals surface area contributed by atoms with Crippen molar-refractivity contribution in [2.24, 2.45) is 0 Å². The lowest BCUT2D eigenvalue weighted by Gasteiger charge is -1.98. The summed E-state index contributed by atoms with van der Waals surface area (Å²) >= 11 is 3.12. The summed E-state index contributed by atoms with van der Waals surface area (Å²) in [6, 6.07) is 5.89. The molecule has 2 aromatic rings. The Kier molecular flexibility index (Phi) is 2.99. The molecule has 76 valence electrons. The van der Waals surface area contributed by atoms with E-state index in [2.05, 4.69) is 5.32 Å². The van der Waals surface area contributed by atoms with Crippen LogP contribution in [-0.4, -0.2) is 12.5 Å². The topological polar surface area (TPSA) is 52.9 Å². The molecule has 2 rings (SSSR count). The molecule has 0 unspecified atom stereocenters. The third-order valence-electron chi connectivity index (χ3n) is 1.89. The molecule has 0 atom stereocenters. The first-order chi connectivity index (χ1) is 7.31. The van der Waals surface area contributed by atoms with Crippen LogP contribution in [0.25, 0.3) is 9.40 Å². The Morgan fingerprint density at radius 3 is 3.13 bits per heavy atom. The fourth-order valence-corrected chi connectivity index (χ4v) is 3.22. The van der Waals surface area contributed by atoms with Gasteiger partial charge in [0, 0.05) is 15.9 Å². The van der Waals surface area contributed by atoms with E-state index in [9.17, 15) is 4.79 Å². The van der Waals surface area contributed by atoms with Crippen molar-refractivity contribution in [2.45, 2.75) is 6.42 Å². The van der Waals surface area contributed by atoms with Crippen molar-refractivity contribution in [2.75, 3.05) is 6.54 Å². The summed E-state index contributed by atoms with van der Waals surface area (Å²) in [5, 5.41) is 13.1. The molecule has 0 aliphatic heterocycles. The number of nitriles is 1. The van der Waals surface area contributed by atoms with E-state index in [0.717, 1.165) is 14.3 Å². The minimum atomic E-state index is -0.0846. The van der Waals surface area contributed by atoms with Crippen LogP contribution in [0.5, 0.6) is 0 Å². The van der Waals surface area contributed by atoms with Crippen LogP contribution in [0.4, 0.5) is 0 Å². The Morgan fingerprint density at radius 1 is 1.53 bits per heavy atom. The van der Waals surface area contributed by atoms with Crippen LogP contribution < -0.4 is 5.32 Å². The molecule has 0 spiro atoms. The molecule has 0 aliphatic carbocycles. The number of amides is 1. The zero-order chi connectivity index (χ0) is 10.7. The van der Waals surface area contributed by atoms with Gasteiger partial charge in [0.25, 0.3) is 5.91 Å². The Balaban J connectivity index is 2.07. The van der Waals surface area contributed by atoms with Crippen molar-refractivity contribution < 1.29 is 4.79 Å². The quantitative estimate of drug-likeness (QED) is 0.833. The first kappa shape index (κ1) is 10.1. The summed E-state index contributed by atoms with van der Waals surface area (Å²) in [5.74, 6) is -0.0846. The van der Waals surface area contributed by atoms with Crippen LogP contribution in [0.1, 0.15) is 16.1 Å². The Morgan fingerprint density at radius 2 is 2.40 bits per heavy atom. The second-order valence-corrected chi connectivity index (χ2v) is 4.96. The lowest BCUT2D eigenvalue weighted by atomic mass is 10.4. The summed E-state index contributed by atoms with van der Waals surface area (Å²) in [6.45, 7) is 0.418. The van der Waals surface area contributed by atoms with E-state index in [1.165, 1.54) is 11.3 Å². The molecule has 0 bridgehead atoms. The first-order valence-electron chi connectivity index (χ1n) is 4.43. The smallest absolute Gasteiger partial charge is 0.261 e. The molecular weight excluding hydrogens is 228 g/mol. The van der Waals surface area contributed by atoms with Crippen LogP contribution in [0.15, 0.2) is 17.5 Å². The van der Waals surface area contributed by atoms with E-state index in [4.69, 9.17) is 5.26 Å². The average molecular weight is 236 g/mol. The molecule has 0 aromatic carbocycles. The van der Waals surface area contributed by atoms with Crippen molar-refractivity contribution in [3.63, 3.8) is 0 Å². The number of hydrogen-bond donors (Lipinski definition) is 1. The maximum absolute atomic E-state index is 11.6. The highest BCUT2D eigenvalue weighted by atomic mass is 32.1. The van der Waals surface area contributed by atoms with Gasteiger partial charge in [-0.25, -0.2) is 0 Å². The summed E-state index contributed by atoms with van der Waals surface area (Å²) < 4.78 is 2.29. The Bertz CT molecular complexity index is 492. The molecule has 0 aliphatic rings. The number of thiophene rings is 2. The molecule has 0 radical (unpaired) electrons. The van der Waals surface area contributed by atoms with E-state index in [-0.39, 0.29) is 5.91 Å². The monoisotopic (exact) mass is 236 g/mol. The maximum atomic E-state index is 11.6. The molecule has 3 nitrogen and oxygen atoms in total. The van der Waals surface area contributed by atoms with E-state index < -0.39 is 0 Å². The van der Waals surface area contributed by atoms with Crippen LogP contribution in [0, 0.1) is 11.3 Å². The van der Waals surface area contributed by atoms with Crippen LogP contribution in [0.3, 0.4) is 0 Å². The third-order valence-corrected chi connectivity index (χ3v) is 3.98. The van der Waals surface area contributed by atoms with Crippen molar-refractivity contribution >= 4 is 38.0 Å². The van der Waals surface area contributed by atoms with Gasteiger partial charge >= 0.3 is 0 Å². The highest BCUT2D eigenvalue weighted by Crippen LogP contribution is 2.29.